The second kappa shape index (κ2) is 9.04. The summed E-state index contributed by atoms with van der Waals surface area (Å²) in [6.45, 7) is 1.92. The van der Waals surface area contributed by atoms with Crippen LogP contribution in [0.1, 0.15) is 19.3 Å². The third-order valence-corrected chi connectivity index (χ3v) is 5.77. The lowest BCUT2D eigenvalue weighted by Gasteiger charge is -2.29. The van der Waals surface area contributed by atoms with Gasteiger partial charge in [0.05, 0.1) is 11.4 Å². The van der Waals surface area contributed by atoms with Crippen molar-refractivity contribution in [2.24, 2.45) is 0 Å². The Hall–Kier alpha value is -3.33. The fourth-order valence-electron chi connectivity index (χ4n) is 3.83. The van der Waals surface area contributed by atoms with E-state index in [0.29, 0.717) is 16.4 Å². The maximum atomic E-state index is 14.4. The number of nitrogens with one attached hydrogen (secondary N) is 1. The van der Waals surface area contributed by atoms with E-state index in [4.69, 9.17) is 0 Å². The van der Waals surface area contributed by atoms with Crippen LogP contribution in [0.3, 0.4) is 0 Å². The summed E-state index contributed by atoms with van der Waals surface area (Å²) in [5, 5.41) is 7.44. The highest BCUT2D eigenvalue weighted by Gasteiger charge is 2.14. The molecule has 162 valence electrons. The van der Waals surface area contributed by atoms with Gasteiger partial charge in [-0.1, -0.05) is 0 Å². The maximum Gasteiger partial charge on any atom is 0.227 e. The van der Waals surface area contributed by atoms with Gasteiger partial charge < -0.3 is 10.2 Å². The van der Waals surface area contributed by atoms with E-state index in [-0.39, 0.29) is 5.82 Å². The first-order valence-corrected chi connectivity index (χ1v) is 11.3. The van der Waals surface area contributed by atoms with Gasteiger partial charge in [-0.25, -0.2) is 24.0 Å². The van der Waals surface area contributed by atoms with Gasteiger partial charge in [0.1, 0.15) is 12.1 Å². The second-order valence-electron chi connectivity index (χ2n) is 7.64. The Labute approximate surface area is 193 Å². The number of piperidine rings is 1. The van der Waals surface area contributed by atoms with Crippen LogP contribution in [0.25, 0.3) is 16.9 Å². The standard InChI is InChI=1S/C23H21BrFN7/c24-22-27-15-32(30-22)19-6-4-18(5-7-19)28-23-26-9-8-21(29-23)16-12-17(25)14-20(13-16)31-10-2-1-3-11-31/h4-9,12-15H,1-3,10-11H2,(H,26,28,29). The Morgan fingerprint density at radius 2 is 1.72 bits per heavy atom. The zero-order valence-electron chi connectivity index (χ0n) is 17.2. The van der Waals surface area contributed by atoms with Crippen molar-refractivity contribution in [2.45, 2.75) is 19.3 Å². The van der Waals surface area contributed by atoms with Crippen molar-refractivity contribution < 1.29 is 4.39 Å². The molecule has 1 aliphatic rings. The summed E-state index contributed by atoms with van der Waals surface area (Å²) < 4.78 is 16.6. The minimum absolute atomic E-state index is 0.258. The summed E-state index contributed by atoms with van der Waals surface area (Å²) in [6, 6.07) is 14.6. The number of hydrogen-bond donors (Lipinski definition) is 1. The Morgan fingerprint density at radius 1 is 0.906 bits per heavy atom. The molecule has 5 rings (SSSR count). The normalized spacial score (nSPS) is 13.9. The van der Waals surface area contributed by atoms with Crippen molar-refractivity contribution >= 4 is 33.3 Å². The Balaban J connectivity index is 1.36. The molecule has 0 radical (unpaired) electrons. The number of nitrogens with zero attached hydrogens (tertiary/aromatic N) is 6. The van der Waals surface area contributed by atoms with Gasteiger partial charge in [-0.05, 0) is 83.7 Å². The van der Waals surface area contributed by atoms with E-state index in [0.717, 1.165) is 48.6 Å². The molecule has 9 heteroatoms. The van der Waals surface area contributed by atoms with Crippen molar-refractivity contribution in [1.82, 2.24) is 24.7 Å². The quantitative estimate of drug-likeness (QED) is 0.403. The highest BCUT2D eigenvalue weighted by molar-refractivity contribution is 9.10. The van der Waals surface area contributed by atoms with Gasteiger partial charge in [0.15, 0.2) is 0 Å². The van der Waals surface area contributed by atoms with Gasteiger partial charge in [-0.2, -0.15) is 0 Å². The number of halogens is 2. The zero-order chi connectivity index (χ0) is 21.9. The van der Waals surface area contributed by atoms with Crippen LogP contribution in [0.4, 0.5) is 21.7 Å². The molecule has 1 saturated heterocycles. The second-order valence-corrected chi connectivity index (χ2v) is 8.35. The molecule has 0 spiro atoms. The highest BCUT2D eigenvalue weighted by Crippen LogP contribution is 2.28. The molecule has 1 N–H and O–H groups in total. The van der Waals surface area contributed by atoms with E-state index in [1.165, 1.54) is 12.5 Å². The monoisotopic (exact) mass is 493 g/mol. The number of hydrogen-bond acceptors (Lipinski definition) is 6. The van der Waals surface area contributed by atoms with Crippen LogP contribution in [0.2, 0.25) is 0 Å². The molecule has 1 fully saturated rings. The average molecular weight is 494 g/mol. The maximum absolute atomic E-state index is 14.4. The summed E-state index contributed by atoms with van der Waals surface area (Å²) in [6.07, 6.45) is 6.82. The minimum atomic E-state index is -0.258. The Kier molecular flexibility index (Phi) is 5.81. The minimum Gasteiger partial charge on any atom is -0.371 e. The topological polar surface area (TPSA) is 71.8 Å². The van der Waals surface area contributed by atoms with Gasteiger partial charge in [-0.3, -0.25) is 0 Å². The lowest BCUT2D eigenvalue weighted by Crippen LogP contribution is -2.29. The molecule has 2 aromatic carbocycles. The van der Waals surface area contributed by atoms with E-state index >= 15 is 0 Å². The van der Waals surface area contributed by atoms with E-state index in [9.17, 15) is 4.39 Å². The molecule has 0 bridgehead atoms. The van der Waals surface area contributed by atoms with Crippen LogP contribution in [-0.2, 0) is 0 Å². The van der Waals surface area contributed by atoms with Gasteiger partial charge >= 0.3 is 0 Å². The summed E-state index contributed by atoms with van der Waals surface area (Å²) in [4.78, 5) is 15.2. The van der Waals surface area contributed by atoms with Crippen molar-refractivity contribution in [3.63, 3.8) is 0 Å². The first-order valence-electron chi connectivity index (χ1n) is 10.5. The number of anilines is 3. The van der Waals surface area contributed by atoms with E-state index in [2.05, 4.69) is 46.2 Å². The zero-order valence-corrected chi connectivity index (χ0v) is 18.8. The molecule has 7 nitrogen and oxygen atoms in total. The first kappa shape index (κ1) is 20.6. The van der Waals surface area contributed by atoms with Gasteiger partial charge in [0.25, 0.3) is 0 Å². The van der Waals surface area contributed by atoms with Crippen molar-refractivity contribution in [3.05, 3.63) is 71.6 Å². The number of benzene rings is 2. The van der Waals surface area contributed by atoms with E-state index in [1.807, 2.05) is 30.3 Å². The van der Waals surface area contributed by atoms with Crippen LogP contribution < -0.4 is 10.2 Å². The molecule has 32 heavy (non-hydrogen) atoms. The third-order valence-electron chi connectivity index (χ3n) is 5.41. The summed E-state index contributed by atoms with van der Waals surface area (Å²) in [5.41, 5.74) is 4.03. The summed E-state index contributed by atoms with van der Waals surface area (Å²) in [7, 11) is 0. The summed E-state index contributed by atoms with van der Waals surface area (Å²) >= 11 is 3.25. The van der Waals surface area contributed by atoms with Crippen LogP contribution in [0.15, 0.2) is 65.8 Å². The SMILES string of the molecule is Fc1cc(-c2ccnc(Nc3ccc(-n4cnc(Br)n4)cc3)n2)cc(N2CCCCC2)c1. The van der Waals surface area contributed by atoms with Gasteiger partial charge in [-0.15, -0.1) is 5.10 Å². The lowest BCUT2D eigenvalue weighted by atomic mass is 10.1. The van der Waals surface area contributed by atoms with Crippen molar-refractivity contribution in [1.29, 1.82) is 0 Å². The molecule has 0 atom stereocenters. The molecular formula is C23H21BrFN7. The smallest absolute Gasteiger partial charge is 0.227 e. The van der Waals surface area contributed by atoms with Gasteiger partial charge in [0.2, 0.25) is 10.7 Å². The molecule has 0 amide bonds. The van der Waals surface area contributed by atoms with Crippen molar-refractivity contribution in [3.8, 4) is 16.9 Å². The Bertz CT molecular complexity index is 1220. The molecule has 3 heterocycles. The number of rotatable bonds is 5. The average Bonchev–Trinajstić information content (AvgIpc) is 3.26. The largest absolute Gasteiger partial charge is 0.371 e. The summed E-state index contributed by atoms with van der Waals surface area (Å²) in [5.74, 6) is 0.189. The molecule has 2 aromatic heterocycles. The fourth-order valence-corrected chi connectivity index (χ4v) is 4.09. The highest BCUT2D eigenvalue weighted by atomic mass is 79.9. The predicted molar refractivity (Wildman–Crippen MR) is 126 cm³/mol. The number of aromatic nitrogens is 5. The van der Waals surface area contributed by atoms with Crippen LogP contribution in [-0.4, -0.2) is 37.8 Å². The molecule has 0 saturated carbocycles. The first-order chi connectivity index (χ1) is 15.6. The fraction of sp³-hybridized carbons (Fsp3) is 0.217. The van der Waals surface area contributed by atoms with Crippen LogP contribution in [0, 0.1) is 5.82 Å². The lowest BCUT2D eigenvalue weighted by molar-refractivity contribution is 0.574. The molecule has 0 aliphatic carbocycles. The molecule has 4 aromatic rings. The molecule has 1 aliphatic heterocycles. The van der Waals surface area contributed by atoms with Gasteiger partial charge in [0, 0.05) is 36.2 Å². The van der Waals surface area contributed by atoms with Crippen molar-refractivity contribution in [2.75, 3.05) is 23.3 Å². The molecule has 0 unspecified atom stereocenters. The van der Waals surface area contributed by atoms with E-state index < -0.39 is 0 Å². The van der Waals surface area contributed by atoms with Crippen LogP contribution >= 0.6 is 15.9 Å². The predicted octanol–water partition coefficient (Wildman–Crippen LogP) is 5.36. The van der Waals surface area contributed by atoms with Crippen LogP contribution in [0.5, 0.6) is 0 Å². The van der Waals surface area contributed by atoms with E-state index in [1.54, 1.807) is 29.3 Å². The third kappa shape index (κ3) is 4.62. The Morgan fingerprint density at radius 3 is 2.47 bits per heavy atom. The molecular weight excluding hydrogens is 473 g/mol.